The number of fused-ring (bicyclic) bond motifs is 1. The van der Waals surface area contributed by atoms with Gasteiger partial charge in [0.15, 0.2) is 0 Å². The number of aryl methyl sites for hydroxylation is 1. The van der Waals surface area contributed by atoms with Gasteiger partial charge in [-0.2, -0.15) is 0 Å². The van der Waals surface area contributed by atoms with Gasteiger partial charge in [-0.1, -0.05) is 0 Å². The van der Waals surface area contributed by atoms with Crippen molar-refractivity contribution in [3.05, 3.63) is 34.5 Å². The number of amides is 1. The fourth-order valence-corrected chi connectivity index (χ4v) is 4.37. The molecule has 2 aromatic rings. The second kappa shape index (κ2) is 7.49. The van der Waals surface area contributed by atoms with Crippen LogP contribution in [-0.4, -0.2) is 36.7 Å². The summed E-state index contributed by atoms with van der Waals surface area (Å²) in [7, 11) is 0. The van der Waals surface area contributed by atoms with Crippen molar-refractivity contribution in [2.24, 2.45) is 11.8 Å². The SMILES string of the molecule is Cc1c(C(=O)NCC(C(=O)O)C2CCOCC2)sc2ccc(F)cc12. The van der Waals surface area contributed by atoms with Crippen LogP contribution in [0.1, 0.15) is 28.1 Å². The first-order chi connectivity index (χ1) is 12.0. The van der Waals surface area contributed by atoms with Crippen LogP contribution in [0.15, 0.2) is 18.2 Å². The average molecular weight is 365 g/mol. The Morgan fingerprint density at radius 3 is 2.80 bits per heavy atom. The summed E-state index contributed by atoms with van der Waals surface area (Å²) in [5.41, 5.74) is 0.718. The zero-order valence-corrected chi connectivity index (χ0v) is 14.7. The number of hydrogen-bond acceptors (Lipinski definition) is 4. The number of thiophene rings is 1. The van der Waals surface area contributed by atoms with E-state index in [0.717, 1.165) is 15.6 Å². The molecule has 2 N–H and O–H groups in total. The second-order valence-electron chi connectivity index (χ2n) is 6.30. The molecular formula is C18H20FNO4S. The number of rotatable bonds is 5. The van der Waals surface area contributed by atoms with Crippen LogP contribution < -0.4 is 5.32 Å². The van der Waals surface area contributed by atoms with Gasteiger partial charge >= 0.3 is 5.97 Å². The fourth-order valence-electron chi connectivity index (χ4n) is 3.27. The first-order valence-corrected chi connectivity index (χ1v) is 9.06. The maximum absolute atomic E-state index is 13.4. The number of carboxylic acids is 1. The van der Waals surface area contributed by atoms with Crippen molar-refractivity contribution in [1.82, 2.24) is 5.32 Å². The molecule has 25 heavy (non-hydrogen) atoms. The molecule has 1 aromatic heterocycles. The van der Waals surface area contributed by atoms with E-state index in [-0.39, 0.29) is 24.2 Å². The van der Waals surface area contributed by atoms with Gasteiger partial charge in [-0.05, 0) is 54.8 Å². The molecular weight excluding hydrogens is 345 g/mol. The molecule has 1 unspecified atom stereocenters. The minimum Gasteiger partial charge on any atom is -0.481 e. The number of carbonyl (C=O) groups excluding carboxylic acids is 1. The van der Waals surface area contributed by atoms with E-state index < -0.39 is 11.9 Å². The Morgan fingerprint density at radius 2 is 2.12 bits per heavy atom. The standard InChI is InChI=1S/C18H20FNO4S/c1-10-13-8-12(19)2-3-15(13)25-16(10)17(21)20-9-14(18(22)23)11-4-6-24-7-5-11/h2-3,8,11,14H,4-7,9H2,1H3,(H,20,21)(H,22,23). The van der Waals surface area contributed by atoms with Crippen molar-refractivity contribution in [3.8, 4) is 0 Å². The van der Waals surface area contributed by atoms with Gasteiger partial charge in [-0.25, -0.2) is 4.39 Å². The molecule has 0 bridgehead atoms. The molecule has 7 heteroatoms. The lowest BCUT2D eigenvalue weighted by molar-refractivity contribution is -0.144. The summed E-state index contributed by atoms with van der Waals surface area (Å²) in [6.45, 7) is 2.98. The molecule has 5 nitrogen and oxygen atoms in total. The molecule has 134 valence electrons. The number of carboxylic acid groups (broad SMARTS) is 1. The zero-order chi connectivity index (χ0) is 18.0. The van der Waals surface area contributed by atoms with E-state index in [2.05, 4.69) is 5.32 Å². The summed E-state index contributed by atoms with van der Waals surface area (Å²) < 4.78 is 19.5. The number of hydrogen-bond donors (Lipinski definition) is 2. The first kappa shape index (κ1) is 17.8. The summed E-state index contributed by atoms with van der Waals surface area (Å²) >= 11 is 1.29. The lowest BCUT2D eigenvalue weighted by Gasteiger charge is -2.27. The quantitative estimate of drug-likeness (QED) is 0.853. The van der Waals surface area contributed by atoms with Crippen molar-refractivity contribution in [3.63, 3.8) is 0 Å². The van der Waals surface area contributed by atoms with Crippen molar-refractivity contribution < 1.29 is 23.8 Å². The number of nitrogens with one attached hydrogen (secondary N) is 1. The number of halogens is 1. The van der Waals surface area contributed by atoms with E-state index in [9.17, 15) is 19.1 Å². The first-order valence-electron chi connectivity index (χ1n) is 8.24. The van der Waals surface area contributed by atoms with Gasteiger partial charge in [0, 0.05) is 24.5 Å². The highest BCUT2D eigenvalue weighted by atomic mass is 32.1. The van der Waals surface area contributed by atoms with Gasteiger partial charge in [0.05, 0.1) is 10.8 Å². The van der Waals surface area contributed by atoms with Crippen LogP contribution in [0.4, 0.5) is 4.39 Å². The summed E-state index contributed by atoms with van der Waals surface area (Å²) in [6.07, 6.45) is 1.38. The van der Waals surface area contributed by atoms with Crippen LogP contribution in [-0.2, 0) is 9.53 Å². The van der Waals surface area contributed by atoms with Gasteiger partial charge in [0.25, 0.3) is 5.91 Å². The second-order valence-corrected chi connectivity index (χ2v) is 7.35. The van der Waals surface area contributed by atoms with Crippen LogP contribution in [0.3, 0.4) is 0 Å². The van der Waals surface area contributed by atoms with Crippen molar-refractivity contribution >= 4 is 33.3 Å². The van der Waals surface area contributed by atoms with E-state index in [1.165, 1.54) is 23.5 Å². The average Bonchev–Trinajstić information content (AvgIpc) is 2.92. The molecule has 1 fully saturated rings. The summed E-state index contributed by atoms with van der Waals surface area (Å²) in [5, 5.41) is 12.9. The molecule has 0 spiro atoms. The van der Waals surface area contributed by atoms with Crippen LogP contribution in [0.2, 0.25) is 0 Å². The Bertz CT molecular complexity index is 798. The smallest absolute Gasteiger partial charge is 0.308 e. The summed E-state index contributed by atoms with van der Waals surface area (Å²) in [4.78, 5) is 24.6. The number of benzene rings is 1. The maximum atomic E-state index is 13.4. The Kier molecular flexibility index (Phi) is 5.34. The van der Waals surface area contributed by atoms with Gasteiger partial charge in [0.1, 0.15) is 5.82 Å². The minimum atomic E-state index is -0.901. The largest absolute Gasteiger partial charge is 0.481 e. The molecule has 0 radical (unpaired) electrons. The van der Waals surface area contributed by atoms with E-state index in [1.807, 2.05) is 0 Å². The zero-order valence-electron chi connectivity index (χ0n) is 13.9. The highest BCUT2D eigenvalue weighted by molar-refractivity contribution is 7.21. The normalized spacial score (nSPS) is 16.7. The Morgan fingerprint density at radius 1 is 1.40 bits per heavy atom. The topological polar surface area (TPSA) is 75.6 Å². The third kappa shape index (κ3) is 3.82. The van der Waals surface area contributed by atoms with Gasteiger partial charge in [-0.15, -0.1) is 11.3 Å². The molecule has 1 saturated heterocycles. The monoisotopic (exact) mass is 365 g/mol. The van der Waals surface area contributed by atoms with Crippen LogP contribution in [0.5, 0.6) is 0 Å². The van der Waals surface area contributed by atoms with Crippen LogP contribution >= 0.6 is 11.3 Å². The lowest BCUT2D eigenvalue weighted by Crippen LogP contribution is -2.38. The molecule has 3 rings (SSSR count). The number of aliphatic carboxylic acids is 1. The fraction of sp³-hybridized carbons (Fsp3) is 0.444. The highest BCUT2D eigenvalue weighted by Crippen LogP contribution is 2.31. The van der Waals surface area contributed by atoms with Crippen molar-refractivity contribution in [2.75, 3.05) is 19.8 Å². The molecule has 0 aliphatic carbocycles. The van der Waals surface area contributed by atoms with Gasteiger partial charge in [-0.3, -0.25) is 9.59 Å². The minimum absolute atomic E-state index is 0.00384. The molecule has 1 atom stereocenters. The van der Waals surface area contributed by atoms with E-state index in [4.69, 9.17) is 4.74 Å². The van der Waals surface area contributed by atoms with E-state index in [0.29, 0.717) is 30.9 Å². The molecule has 1 aliphatic rings. The Labute approximate surface area is 148 Å². The van der Waals surface area contributed by atoms with E-state index >= 15 is 0 Å². The summed E-state index contributed by atoms with van der Waals surface area (Å²) in [5.74, 6) is -2.17. The molecule has 1 aromatic carbocycles. The lowest BCUT2D eigenvalue weighted by atomic mass is 9.86. The van der Waals surface area contributed by atoms with Crippen LogP contribution in [0, 0.1) is 24.6 Å². The van der Waals surface area contributed by atoms with Crippen LogP contribution in [0.25, 0.3) is 10.1 Å². The highest BCUT2D eigenvalue weighted by Gasteiger charge is 2.30. The molecule has 0 saturated carbocycles. The predicted molar refractivity (Wildman–Crippen MR) is 93.5 cm³/mol. The number of carbonyl (C=O) groups is 2. The van der Waals surface area contributed by atoms with Gasteiger partial charge in [0.2, 0.25) is 0 Å². The predicted octanol–water partition coefficient (Wildman–Crippen LogP) is 3.21. The molecule has 2 heterocycles. The summed E-state index contributed by atoms with van der Waals surface area (Å²) in [6, 6.07) is 4.44. The van der Waals surface area contributed by atoms with Crippen molar-refractivity contribution in [2.45, 2.75) is 19.8 Å². The van der Waals surface area contributed by atoms with Crippen molar-refractivity contribution in [1.29, 1.82) is 0 Å². The Hall–Kier alpha value is -1.99. The third-order valence-electron chi connectivity index (χ3n) is 4.74. The number of ether oxygens (including phenoxy) is 1. The molecule has 1 amide bonds. The van der Waals surface area contributed by atoms with E-state index in [1.54, 1.807) is 13.0 Å². The third-order valence-corrected chi connectivity index (χ3v) is 6.01. The Balaban J connectivity index is 1.73. The molecule has 1 aliphatic heterocycles. The van der Waals surface area contributed by atoms with Gasteiger partial charge < -0.3 is 15.2 Å². The maximum Gasteiger partial charge on any atom is 0.308 e.